The van der Waals surface area contributed by atoms with Gasteiger partial charge in [0.05, 0.1) is 0 Å². The topological polar surface area (TPSA) is 68.5 Å². The summed E-state index contributed by atoms with van der Waals surface area (Å²) in [5.41, 5.74) is 0. The first-order valence-corrected chi connectivity index (χ1v) is 8.00. The summed E-state index contributed by atoms with van der Waals surface area (Å²) in [5.74, 6) is 1.98. The number of nitrogens with zero attached hydrogens (tertiary/aromatic N) is 3. The van der Waals surface area contributed by atoms with Gasteiger partial charge < -0.3 is 14.2 Å². The van der Waals surface area contributed by atoms with Crippen LogP contribution in [-0.4, -0.2) is 46.7 Å². The minimum atomic E-state index is -0.207. The molecule has 3 rings (SSSR count). The number of amides is 1. The summed E-state index contributed by atoms with van der Waals surface area (Å²) in [6.45, 7) is 4.34. The monoisotopic (exact) mass is 293 g/mol. The Morgan fingerprint density at radius 1 is 1.33 bits per heavy atom. The van der Waals surface area contributed by atoms with E-state index >= 15 is 0 Å². The number of aryl methyl sites for hydroxylation is 1. The summed E-state index contributed by atoms with van der Waals surface area (Å²) in [4.78, 5) is 18.7. The van der Waals surface area contributed by atoms with Gasteiger partial charge >= 0.3 is 0 Å². The Morgan fingerprint density at radius 3 is 2.81 bits per heavy atom. The van der Waals surface area contributed by atoms with E-state index in [0.29, 0.717) is 0 Å². The van der Waals surface area contributed by atoms with Crippen molar-refractivity contribution in [2.45, 2.75) is 57.5 Å². The van der Waals surface area contributed by atoms with Gasteiger partial charge in [-0.25, -0.2) is 0 Å². The normalized spacial score (nSPS) is 23.7. The Kier molecular flexibility index (Phi) is 4.53. The van der Waals surface area contributed by atoms with E-state index in [0.717, 1.165) is 69.9 Å². The molecule has 0 spiro atoms. The summed E-state index contributed by atoms with van der Waals surface area (Å²) in [5, 5.41) is 4.01. The van der Waals surface area contributed by atoms with Crippen molar-refractivity contribution in [3.8, 4) is 0 Å². The van der Waals surface area contributed by atoms with Crippen LogP contribution in [-0.2, 0) is 16.0 Å². The quantitative estimate of drug-likeness (QED) is 0.848. The number of hydrogen-bond donors (Lipinski definition) is 0. The second kappa shape index (κ2) is 6.56. The Labute approximate surface area is 124 Å². The van der Waals surface area contributed by atoms with E-state index in [9.17, 15) is 4.79 Å². The molecule has 1 aromatic rings. The largest absolute Gasteiger partial charge is 0.368 e. The van der Waals surface area contributed by atoms with Crippen LogP contribution < -0.4 is 0 Å². The van der Waals surface area contributed by atoms with Crippen LogP contribution in [0.1, 0.15) is 56.7 Å². The molecule has 0 N–H and O–H groups in total. The number of rotatable bonds is 4. The van der Waals surface area contributed by atoms with Crippen LogP contribution in [0, 0.1) is 0 Å². The molecule has 0 saturated carbocycles. The fourth-order valence-electron chi connectivity index (χ4n) is 3.08. The van der Waals surface area contributed by atoms with Gasteiger partial charge in [0.2, 0.25) is 5.89 Å². The molecule has 1 atom stereocenters. The standard InChI is InChI=1S/C15H23N3O3/c1-2-4-13-16-14(21-17-13)11-6-8-18(9-7-11)15(19)12-5-3-10-20-12/h11-12H,2-10H2,1H3/t12-/m0/s1. The molecule has 2 aliphatic rings. The Bertz CT molecular complexity index is 474. The lowest BCUT2D eigenvalue weighted by Gasteiger charge is -2.31. The molecule has 6 heteroatoms. The molecule has 116 valence electrons. The number of carbonyl (C=O) groups is 1. The van der Waals surface area contributed by atoms with Crippen molar-refractivity contribution >= 4 is 5.91 Å². The number of carbonyl (C=O) groups excluding carboxylic acids is 1. The molecular formula is C15H23N3O3. The maximum absolute atomic E-state index is 12.3. The fraction of sp³-hybridized carbons (Fsp3) is 0.800. The van der Waals surface area contributed by atoms with Gasteiger partial charge in [-0.3, -0.25) is 4.79 Å². The zero-order chi connectivity index (χ0) is 14.7. The number of ether oxygens (including phenoxy) is 1. The van der Waals surface area contributed by atoms with Gasteiger partial charge in [-0.1, -0.05) is 12.1 Å². The lowest BCUT2D eigenvalue weighted by atomic mass is 9.96. The highest BCUT2D eigenvalue weighted by Gasteiger charge is 2.32. The Balaban J connectivity index is 1.53. The molecule has 2 fully saturated rings. The van der Waals surface area contributed by atoms with Crippen molar-refractivity contribution in [3.63, 3.8) is 0 Å². The van der Waals surface area contributed by atoms with E-state index in [4.69, 9.17) is 9.26 Å². The highest BCUT2D eigenvalue weighted by molar-refractivity contribution is 5.81. The molecule has 0 aliphatic carbocycles. The van der Waals surface area contributed by atoms with Crippen LogP contribution in [0.2, 0.25) is 0 Å². The molecule has 0 bridgehead atoms. The first-order valence-electron chi connectivity index (χ1n) is 8.00. The average Bonchev–Trinajstić information content (AvgIpc) is 3.19. The van der Waals surface area contributed by atoms with Crippen LogP contribution in [0.5, 0.6) is 0 Å². The maximum atomic E-state index is 12.3. The predicted octanol–water partition coefficient (Wildman–Crippen LogP) is 1.91. The molecule has 0 unspecified atom stereocenters. The van der Waals surface area contributed by atoms with Crippen molar-refractivity contribution in [1.82, 2.24) is 15.0 Å². The molecule has 21 heavy (non-hydrogen) atoms. The summed E-state index contributed by atoms with van der Waals surface area (Å²) in [6.07, 6.45) is 5.32. The van der Waals surface area contributed by atoms with Crippen molar-refractivity contribution < 1.29 is 14.1 Å². The van der Waals surface area contributed by atoms with Crippen molar-refractivity contribution in [1.29, 1.82) is 0 Å². The average molecular weight is 293 g/mol. The third-order valence-electron chi connectivity index (χ3n) is 4.32. The molecule has 0 radical (unpaired) electrons. The SMILES string of the molecule is CCCc1noc(C2CCN(C(=O)[C@@H]3CCCO3)CC2)n1. The molecule has 6 nitrogen and oxygen atoms in total. The minimum absolute atomic E-state index is 0.156. The van der Waals surface area contributed by atoms with Crippen molar-refractivity contribution in [2.24, 2.45) is 0 Å². The van der Waals surface area contributed by atoms with E-state index in [-0.39, 0.29) is 17.9 Å². The maximum Gasteiger partial charge on any atom is 0.251 e. The van der Waals surface area contributed by atoms with Gasteiger partial charge in [-0.15, -0.1) is 0 Å². The Hall–Kier alpha value is -1.43. The number of likely N-dealkylation sites (tertiary alicyclic amines) is 1. The van der Waals surface area contributed by atoms with Crippen LogP contribution in [0.25, 0.3) is 0 Å². The van der Waals surface area contributed by atoms with Crippen molar-refractivity contribution in [2.75, 3.05) is 19.7 Å². The third-order valence-corrected chi connectivity index (χ3v) is 4.32. The van der Waals surface area contributed by atoms with Crippen LogP contribution in [0.3, 0.4) is 0 Å². The molecule has 2 aliphatic heterocycles. The van der Waals surface area contributed by atoms with E-state index in [1.165, 1.54) is 0 Å². The minimum Gasteiger partial charge on any atom is -0.368 e. The summed E-state index contributed by atoms with van der Waals surface area (Å²) < 4.78 is 10.8. The molecular weight excluding hydrogens is 270 g/mol. The number of piperidine rings is 1. The van der Waals surface area contributed by atoms with Crippen LogP contribution in [0.15, 0.2) is 4.52 Å². The summed E-state index contributed by atoms with van der Waals surface area (Å²) in [7, 11) is 0. The van der Waals surface area contributed by atoms with Crippen LogP contribution in [0.4, 0.5) is 0 Å². The highest BCUT2D eigenvalue weighted by atomic mass is 16.5. The van der Waals surface area contributed by atoms with Gasteiger partial charge in [-0.2, -0.15) is 4.98 Å². The zero-order valence-electron chi connectivity index (χ0n) is 12.6. The first-order chi connectivity index (χ1) is 10.3. The lowest BCUT2D eigenvalue weighted by Crippen LogP contribution is -2.43. The first kappa shape index (κ1) is 14.5. The van der Waals surface area contributed by atoms with Gasteiger partial charge in [0, 0.05) is 32.0 Å². The smallest absolute Gasteiger partial charge is 0.251 e. The van der Waals surface area contributed by atoms with E-state index in [2.05, 4.69) is 17.1 Å². The summed E-state index contributed by atoms with van der Waals surface area (Å²) >= 11 is 0. The predicted molar refractivity (Wildman–Crippen MR) is 75.8 cm³/mol. The van der Waals surface area contributed by atoms with Gasteiger partial charge in [0.25, 0.3) is 5.91 Å². The number of aromatic nitrogens is 2. The molecule has 1 amide bonds. The van der Waals surface area contributed by atoms with Crippen LogP contribution >= 0.6 is 0 Å². The van der Waals surface area contributed by atoms with E-state index in [1.54, 1.807) is 0 Å². The molecule has 0 aromatic carbocycles. The lowest BCUT2D eigenvalue weighted by molar-refractivity contribution is -0.142. The van der Waals surface area contributed by atoms with E-state index < -0.39 is 0 Å². The zero-order valence-corrected chi connectivity index (χ0v) is 12.6. The van der Waals surface area contributed by atoms with E-state index in [1.807, 2.05) is 4.90 Å². The molecule has 1 aromatic heterocycles. The summed E-state index contributed by atoms with van der Waals surface area (Å²) in [6, 6.07) is 0. The van der Waals surface area contributed by atoms with Crippen molar-refractivity contribution in [3.05, 3.63) is 11.7 Å². The number of hydrogen-bond acceptors (Lipinski definition) is 5. The second-order valence-electron chi connectivity index (χ2n) is 5.90. The fourth-order valence-corrected chi connectivity index (χ4v) is 3.08. The van der Waals surface area contributed by atoms with Gasteiger partial charge in [-0.05, 0) is 32.1 Å². The highest BCUT2D eigenvalue weighted by Crippen LogP contribution is 2.28. The Morgan fingerprint density at radius 2 is 2.14 bits per heavy atom. The van der Waals surface area contributed by atoms with Gasteiger partial charge in [0.1, 0.15) is 6.10 Å². The second-order valence-corrected chi connectivity index (χ2v) is 5.90. The third kappa shape index (κ3) is 3.26. The molecule has 3 heterocycles. The molecule has 2 saturated heterocycles. The van der Waals surface area contributed by atoms with Gasteiger partial charge in [0.15, 0.2) is 5.82 Å².